The fourth-order valence-electron chi connectivity index (χ4n) is 3.21. The van der Waals surface area contributed by atoms with Crippen LogP contribution in [0.3, 0.4) is 0 Å². The average molecular weight is 246 g/mol. The van der Waals surface area contributed by atoms with Crippen molar-refractivity contribution in [1.29, 1.82) is 0 Å². The number of likely N-dealkylation sites (tertiary alicyclic amines) is 1. The van der Waals surface area contributed by atoms with Crippen LogP contribution in [0.15, 0.2) is 24.8 Å². The summed E-state index contributed by atoms with van der Waals surface area (Å²) in [5.74, 6) is 0.865. The van der Waals surface area contributed by atoms with Gasteiger partial charge in [0, 0.05) is 13.1 Å². The highest BCUT2D eigenvalue weighted by atomic mass is 15.3. The molecule has 3 rings (SSSR count). The Morgan fingerprint density at radius 2 is 2.22 bits per heavy atom. The SMILES string of the molecule is C1=CC[C@H](CN2CCC[C@@H](n3cncn3)C2)CC1. The lowest BCUT2D eigenvalue weighted by molar-refractivity contribution is 0.144. The van der Waals surface area contributed by atoms with Crippen molar-refractivity contribution in [3.8, 4) is 0 Å². The summed E-state index contributed by atoms with van der Waals surface area (Å²) in [5.41, 5.74) is 0. The van der Waals surface area contributed by atoms with E-state index in [1.165, 1.54) is 45.2 Å². The van der Waals surface area contributed by atoms with Gasteiger partial charge in [-0.05, 0) is 44.6 Å². The van der Waals surface area contributed by atoms with E-state index >= 15 is 0 Å². The molecule has 2 atom stereocenters. The van der Waals surface area contributed by atoms with Crippen molar-refractivity contribution in [3.05, 3.63) is 24.8 Å². The molecule has 4 nitrogen and oxygen atoms in total. The Kier molecular flexibility index (Phi) is 3.74. The van der Waals surface area contributed by atoms with E-state index in [2.05, 4.69) is 27.1 Å². The molecule has 0 bridgehead atoms. The van der Waals surface area contributed by atoms with Crippen LogP contribution in [0.1, 0.15) is 38.1 Å². The highest BCUT2D eigenvalue weighted by Gasteiger charge is 2.23. The van der Waals surface area contributed by atoms with Gasteiger partial charge in [0.25, 0.3) is 0 Å². The molecule has 1 saturated heterocycles. The summed E-state index contributed by atoms with van der Waals surface area (Å²) < 4.78 is 2.03. The van der Waals surface area contributed by atoms with Crippen LogP contribution in [0.4, 0.5) is 0 Å². The molecule has 1 aromatic rings. The smallest absolute Gasteiger partial charge is 0.137 e. The second-order valence-corrected chi connectivity index (χ2v) is 5.58. The molecular formula is C14H22N4. The number of aromatic nitrogens is 3. The first kappa shape index (κ1) is 11.9. The van der Waals surface area contributed by atoms with Gasteiger partial charge in [0.15, 0.2) is 0 Å². The Bertz CT molecular complexity index is 385. The van der Waals surface area contributed by atoms with Crippen LogP contribution in [0.5, 0.6) is 0 Å². The van der Waals surface area contributed by atoms with Gasteiger partial charge in [0.1, 0.15) is 12.7 Å². The number of allylic oxidation sites excluding steroid dienone is 2. The van der Waals surface area contributed by atoms with E-state index in [9.17, 15) is 0 Å². The van der Waals surface area contributed by atoms with Crippen LogP contribution in [-0.2, 0) is 0 Å². The molecule has 1 aromatic heterocycles. The monoisotopic (exact) mass is 246 g/mol. The molecule has 0 radical (unpaired) electrons. The van der Waals surface area contributed by atoms with Crippen molar-refractivity contribution in [2.45, 2.75) is 38.1 Å². The normalized spacial score (nSPS) is 29.6. The standard InChI is InChI=1S/C14H22N4/c1-2-5-13(6-3-1)9-17-8-4-7-14(10-17)18-12-15-11-16-18/h1-2,11-14H,3-10H2/t13-,14+/m0/s1. The lowest BCUT2D eigenvalue weighted by atomic mass is 9.93. The maximum atomic E-state index is 4.29. The molecule has 0 aromatic carbocycles. The molecule has 0 saturated carbocycles. The van der Waals surface area contributed by atoms with Gasteiger partial charge >= 0.3 is 0 Å². The number of hydrogen-bond acceptors (Lipinski definition) is 3. The van der Waals surface area contributed by atoms with Crippen molar-refractivity contribution >= 4 is 0 Å². The van der Waals surface area contributed by atoms with Crippen LogP contribution < -0.4 is 0 Å². The highest BCUT2D eigenvalue weighted by molar-refractivity contribution is 4.91. The Labute approximate surface area is 109 Å². The van der Waals surface area contributed by atoms with Crippen LogP contribution in [0.2, 0.25) is 0 Å². The Hall–Kier alpha value is -1.16. The summed E-state index contributed by atoms with van der Waals surface area (Å²) in [6.45, 7) is 3.66. The first-order chi connectivity index (χ1) is 8.92. The molecule has 1 aliphatic carbocycles. The van der Waals surface area contributed by atoms with Crippen molar-refractivity contribution in [2.75, 3.05) is 19.6 Å². The third kappa shape index (κ3) is 2.80. The van der Waals surface area contributed by atoms with Crippen LogP contribution >= 0.6 is 0 Å². The summed E-state index contributed by atoms with van der Waals surface area (Å²) in [7, 11) is 0. The maximum absolute atomic E-state index is 4.29. The van der Waals surface area contributed by atoms with Crippen LogP contribution in [0.25, 0.3) is 0 Å². The van der Waals surface area contributed by atoms with Gasteiger partial charge in [-0.15, -0.1) is 0 Å². The molecule has 0 amide bonds. The first-order valence-corrected chi connectivity index (χ1v) is 7.13. The van der Waals surface area contributed by atoms with E-state index in [-0.39, 0.29) is 0 Å². The fourth-order valence-corrected chi connectivity index (χ4v) is 3.21. The molecule has 0 unspecified atom stereocenters. The van der Waals surface area contributed by atoms with E-state index in [1.807, 2.05) is 11.0 Å². The zero-order valence-electron chi connectivity index (χ0n) is 10.9. The van der Waals surface area contributed by atoms with Crippen molar-refractivity contribution in [3.63, 3.8) is 0 Å². The van der Waals surface area contributed by atoms with Gasteiger partial charge in [0.05, 0.1) is 6.04 Å². The summed E-state index contributed by atoms with van der Waals surface area (Å²) in [4.78, 5) is 6.69. The second-order valence-electron chi connectivity index (χ2n) is 5.58. The number of nitrogens with zero attached hydrogens (tertiary/aromatic N) is 4. The molecule has 98 valence electrons. The third-order valence-electron chi connectivity index (χ3n) is 4.19. The molecule has 18 heavy (non-hydrogen) atoms. The topological polar surface area (TPSA) is 34.0 Å². The molecule has 4 heteroatoms. The van der Waals surface area contributed by atoms with E-state index in [0.29, 0.717) is 6.04 Å². The molecule has 2 aliphatic rings. The van der Waals surface area contributed by atoms with Gasteiger partial charge < -0.3 is 4.90 Å². The summed E-state index contributed by atoms with van der Waals surface area (Å²) in [5, 5.41) is 4.29. The predicted molar refractivity (Wildman–Crippen MR) is 71.2 cm³/mol. The van der Waals surface area contributed by atoms with Gasteiger partial charge in [-0.3, -0.25) is 0 Å². The lowest BCUT2D eigenvalue weighted by Gasteiger charge is -2.35. The quantitative estimate of drug-likeness (QED) is 0.767. The van der Waals surface area contributed by atoms with E-state index in [1.54, 1.807) is 6.33 Å². The zero-order chi connectivity index (χ0) is 12.2. The van der Waals surface area contributed by atoms with Gasteiger partial charge in [-0.2, -0.15) is 5.10 Å². The lowest BCUT2D eigenvalue weighted by Crippen LogP contribution is -2.39. The minimum absolute atomic E-state index is 0.528. The molecule has 0 N–H and O–H groups in total. The van der Waals surface area contributed by atoms with Crippen molar-refractivity contribution in [2.24, 2.45) is 5.92 Å². The van der Waals surface area contributed by atoms with Gasteiger partial charge in [-0.1, -0.05) is 12.2 Å². The van der Waals surface area contributed by atoms with Gasteiger partial charge in [-0.25, -0.2) is 9.67 Å². The summed E-state index contributed by atoms with van der Waals surface area (Å²) in [6.07, 6.45) is 14.6. The number of piperidine rings is 1. The van der Waals surface area contributed by atoms with E-state index in [0.717, 1.165) is 12.5 Å². The predicted octanol–water partition coefficient (Wildman–Crippen LogP) is 2.27. The van der Waals surface area contributed by atoms with Crippen molar-refractivity contribution in [1.82, 2.24) is 19.7 Å². The van der Waals surface area contributed by atoms with Crippen LogP contribution in [0, 0.1) is 5.92 Å². The molecule has 1 aliphatic heterocycles. The minimum Gasteiger partial charge on any atom is -0.301 e. The van der Waals surface area contributed by atoms with E-state index in [4.69, 9.17) is 0 Å². The molecule has 0 spiro atoms. The van der Waals surface area contributed by atoms with Crippen LogP contribution in [-0.4, -0.2) is 39.3 Å². The Morgan fingerprint density at radius 3 is 3.00 bits per heavy atom. The second kappa shape index (κ2) is 5.65. The minimum atomic E-state index is 0.528. The highest BCUT2D eigenvalue weighted by Crippen LogP contribution is 2.24. The fraction of sp³-hybridized carbons (Fsp3) is 0.714. The Morgan fingerprint density at radius 1 is 1.22 bits per heavy atom. The number of rotatable bonds is 3. The zero-order valence-corrected chi connectivity index (χ0v) is 10.9. The summed E-state index contributed by atoms with van der Waals surface area (Å²) in [6, 6.07) is 0.528. The van der Waals surface area contributed by atoms with Gasteiger partial charge in [0.2, 0.25) is 0 Å². The summed E-state index contributed by atoms with van der Waals surface area (Å²) >= 11 is 0. The Balaban J connectivity index is 1.55. The third-order valence-corrected chi connectivity index (χ3v) is 4.19. The average Bonchev–Trinajstić information content (AvgIpc) is 2.94. The van der Waals surface area contributed by atoms with Crippen molar-refractivity contribution < 1.29 is 0 Å². The molecule has 2 heterocycles. The largest absolute Gasteiger partial charge is 0.301 e. The van der Waals surface area contributed by atoms with E-state index < -0.39 is 0 Å². The molecule has 1 fully saturated rings. The number of hydrogen-bond donors (Lipinski definition) is 0. The molecular weight excluding hydrogens is 224 g/mol. The maximum Gasteiger partial charge on any atom is 0.137 e. The first-order valence-electron chi connectivity index (χ1n) is 7.13.